The highest BCUT2D eigenvalue weighted by Crippen LogP contribution is 2.39. The number of anilines is 2. The maximum Gasteiger partial charge on any atom is 0.221 e. The third-order valence-electron chi connectivity index (χ3n) is 4.12. The first-order chi connectivity index (χ1) is 12.1. The van der Waals surface area contributed by atoms with Crippen molar-refractivity contribution in [1.29, 1.82) is 0 Å². The summed E-state index contributed by atoms with van der Waals surface area (Å²) in [6.07, 6.45) is 1.65. The van der Waals surface area contributed by atoms with Crippen LogP contribution in [0.1, 0.15) is 10.4 Å². The van der Waals surface area contributed by atoms with Crippen LogP contribution in [0.15, 0.2) is 36.5 Å². The van der Waals surface area contributed by atoms with Crippen molar-refractivity contribution < 1.29 is 9.84 Å². The van der Waals surface area contributed by atoms with Gasteiger partial charge in [0, 0.05) is 28.1 Å². The van der Waals surface area contributed by atoms with Gasteiger partial charge >= 0.3 is 0 Å². The van der Waals surface area contributed by atoms with E-state index in [9.17, 15) is 5.11 Å². The summed E-state index contributed by atoms with van der Waals surface area (Å²) in [5.41, 5.74) is 7.62. The lowest BCUT2D eigenvalue weighted by Gasteiger charge is -2.21. The number of nitrogens with zero attached hydrogens (tertiary/aromatic N) is 3. The van der Waals surface area contributed by atoms with Gasteiger partial charge in [-0.25, -0.2) is 4.98 Å². The van der Waals surface area contributed by atoms with E-state index in [1.54, 1.807) is 23.6 Å². The minimum Gasteiger partial charge on any atom is -0.504 e. The second kappa shape index (κ2) is 6.25. The Hall–Kier alpha value is -2.80. The number of aromatic hydroxyl groups is 1. The summed E-state index contributed by atoms with van der Waals surface area (Å²) in [7, 11) is 0. The van der Waals surface area contributed by atoms with Crippen LogP contribution in [0.5, 0.6) is 11.5 Å². The van der Waals surface area contributed by atoms with Crippen LogP contribution in [0, 0.1) is 6.92 Å². The van der Waals surface area contributed by atoms with Crippen molar-refractivity contribution in [3.63, 3.8) is 0 Å². The zero-order chi connectivity index (χ0) is 17.4. The van der Waals surface area contributed by atoms with E-state index < -0.39 is 0 Å². The van der Waals surface area contributed by atoms with Crippen molar-refractivity contribution in [3.8, 4) is 21.9 Å². The lowest BCUT2D eigenvalue weighted by molar-refractivity contribution is 0.312. The first kappa shape index (κ1) is 15.7. The third kappa shape index (κ3) is 3.10. The molecule has 3 N–H and O–H groups in total. The Morgan fingerprint density at radius 2 is 2.16 bits per heavy atom. The summed E-state index contributed by atoms with van der Waals surface area (Å²) in [6, 6.07) is 9.82. The predicted molar refractivity (Wildman–Crippen MR) is 99.1 cm³/mol. The number of benzene rings is 1. The van der Waals surface area contributed by atoms with E-state index in [-0.39, 0.29) is 11.7 Å². The summed E-state index contributed by atoms with van der Waals surface area (Å²) in [4.78, 5) is 12.7. The van der Waals surface area contributed by atoms with Crippen LogP contribution in [0.4, 0.5) is 11.8 Å². The number of nitrogens with two attached hydrogens (primary N) is 1. The Kier molecular flexibility index (Phi) is 3.93. The molecule has 6 nitrogen and oxygen atoms in total. The first-order valence-corrected chi connectivity index (χ1v) is 8.81. The Morgan fingerprint density at radius 1 is 1.28 bits per heavy atom. The number of fused-ring (bicyclic) bond motifs is 1. The fourth-order valence-corrected chi connectivity index (χ4v) is 3.82. The highest BCUT2D eigenvalue weighted by molar-refractivity contribution is 7.15. The maximum atomic E-state index is 10.4. The highest BCUT2D eigenvalue weighted by Gasteiger charge is 2.21. The molecule has 1 aliphatic rings. The lowest BCUT2D eigenvalue weighted by Crippen LogP contribution is -2.26. The molecule has 0 atom stereocenters. The van der Waals surface area contributed by atoms with Crippen LogP contribution < -0.4 is 15.4 Å². The van der Waals surface area contributed by atoms with Gasteiger partial charge in [0.05, 0.1) is 6.54 Å². The molecule has 0 fully saturated rings. The smallest absolute Gasteiger partial charge is 0.221 e. The van der Waals surface area contributed by atoms with Gasteiger partial charge < -0.3 is 20.5 Å². The molecule has 0 saturated heterocycles. The number of hydrogen-bond acceptors (Lipinski definition) is 7. The summed E-state index contributed by atoms with van der Waals surface area (Å²) in [5, 5.41) is 10.4. The van der Waals surface area contributed by atoms with Crippen LogP contribution in [0.3, 0.4) is 0 Å². The number of hydrogen-bond donors (Lipinski definition) is 2. The fraction of sp³-hybridized carbons (Fsp3) is 0.222. The predicted octanol–water partition coefficient (Wildman–Crippen LogP) is 3.20. The average Bonchev–Trinajstić information content (AvgIpc) is 2.90. The number of ether oxygens (including phenoxy) is 1. The molecule has 2 aromatic heterocycles. The molecule has 0 spiro atoms. The minimum absolute atomic E-state index is 0.169. The summed E-state index contributed by atoms with van der Waals surface area (Å²) in [5.74, 6) is 1.71. The standard InChI is InChI=1S/C18H18N4O2S/c1-11-2-3-15(25-11)12-8-13-10-22(16-4-5-20-18(19)21-16)6-7-24-17(13)14(23)9-12/h2-5,8-9,23H,6-7,10H2,1H3,(H2,19,20,21). The monoisotopic (exact) mass is 354 g/mol. The molecule has 7 heteroatoms. The lowest BCUT2D eigenvalue weighted by atomic mass is 10.1. The molecule has 0 amide bonds. The molecule has 4 rings (SSSR count). The van der Waals surface area contributed by atoms with Gasteiger partial charge in [-0.2, -0.15) is 4.98 Å². The molecule has 3 heterocycles. The minimum atomic E-state index is 0.169. The van der Waals surface area contributed by atoms with Crippen molar-refractivity contribution in [2.45, 2.75) is 13.5 Å². The molecular formula is C18H18N4O2S. The van der Waals surface area contributed by atoms with Gasteiger partial charge in [-0.1, -0.05) is 0 Å². The zero-order valence-electron chi connectivity index (χ0n) is 13.8. The molecule has 0 bridgehead atoms. The maximum absolute atomic E-state index is 10.4. The number of nitrogen functional groups attached to an aromatic ring is 1. The van der Waals surface area contributed by atoms with Gasteiger partial charge in [-0.15, -0.1) is 11.3 Å². The average molecular weight is 354 g/mol. The molecule has 0 radical (unpaired) electrons. The summed E-state index contributed by atoms with van der Waals surface area (Å²) in [6.45, 7) is 3.76. The van der Waals surface area contributed by atoms with Crippen LogP contribution in [-0.4, -0.2) is 28.2 Å². The Labute approximate surface area is 149 Å². The van der Waals surface area contributed by atoms with E-state index in [1.165, 1.54) is 4.88 Å². The molecule has 1 aromatic carbocycles. The first-order valence-electron chi connectivity index (χ1n) is 7.99. The molecule has 1 aliphatic heterocycles. The van der Waals surface area contributed by atoms with Gasteiger partial charge in [0.2, 0.25) is 5.95 Å². The second-order valence-corrected chi connectivity index (χ2v) is 7.22. The topological polar surface area (TPSA) is 84.5 Å². The number of aromatic nitrogens is 2. The van der Waals surface area contributed by atoms with Gasteiger partial charge in [-0.3, -0.25) is 0 Å². The van der Waals surface area contributed by atoms with E-state index >= 15 is 0 Å². The normalized spacial score (nSPS) is 13.9. The Bertz CT molecular complexity index is 925. The second-order valence-electron chi connectivity index (χ2n) is 5.94. The van der Waals surface area contributed by atoms with Crippen LogP contribution >= 0.6 is 11.3 Å². The Balaban J connectivity index is 1.73. The van der Waals surface area contributed by atoms with Gasteiger partial charge in [0.15, 0.2) is 11.5 Å². The molecule has 0 aliphatic carbocycles. The van der Waals surface area contributed by atoms with Crippen molar-refractivity contribution in [2.24, 2.45) is 0 Å². The Morgan fingerprint density at radius 3 is 2.92 bits per heavy atom. The zero-order valence-corrected chi connectivity index (χ0v) is 14.6. The van der Waals surface area contributed by atoms with E-state index in [0.717, 1.165) is 21.8 Å². The summed E-state index contributed by atoms with van der Waals surface area (Å²) < 4.78 is 5.79. The number of thiophene rings is 1. The third-order valence-corrected chi connectivity index (χ3v) is 5.17. The molecule has 0 unspecified atom stereocenters. The van der Waals surface area contributed by atoms with Crippen LogP contribution in [0.25, 0.3) is 10.4 Å². The van der Waals surface area contributed by atoms with Gasteiger partial charge in [0.25, 0.3) is 0 Å². The van der Waals surface area contributed by atoms with E-state index in [0.29, 0.717) is 25.4 Å². The SMILES string of the molecule is Cc1ccc(-c2cc(O)c3c(c2)CN(c2ccnc(N)n2)CCO3)s1. The van der Waals surface area contributed by atoms with Crippen LogP contribution in [-0.2, 0) is 6.54 Å². The van der Waals surface area contributed by atoms with Crippen molar-refractivity contribution in [2.75, 3.05) is 23.8 Å². The number of phenolic OH excluding ortho intramolecular Hbond substituents is 1. The molecule has 128 valence electrons. The van der Waals surface area contributed by atoms with Gasteiger partial charge in [-0.05, 0) is 42.8 Å². The van der Waals surface area contributed by atoms with Crippen molar-refractivity contribution >= 4 is 23.1 Å². The van der Waals surface area contributed by atoms with Crippen molar-refractivity contribution in [3.05, 3.63) is 47.0 Å². The van der Waals surface area contributed by atoms with E-state index in [4.69, 9.17) is 10.5 Å². The molecular weight excluding hydrogens is 336 g/mol. The van der Waals surface area contributed by atoms with E-state index in [2.05, 4.69) is 40.0 Å². The molecule has 3 aromatic rings. The van der Waals surface area contributed by atoms with Crippen molar-refractivity contribution in [1.82, 2.24) is 9.97 Å². The van der Waals surface area contributed by atoms with Crippen LogP contribution in [0.2, 0.25) is 0 Å². The highest BCUT2D eigenvalue weighted by atomic mass is 32.1. The number of aryl methyl sites for hydroxylation is 1. The van der Waals surface area contributed by atoms with Gasteiger partial charge in [0.1, 0.15) is 12.4 Å². The quantitative estimate of drug-likeness (QED) is 0.735. The summed E-state index contributed by atoms with van der Waals surface area (Å²) >= 11 is 1.70. The number of phenols is 1. The molecule has 0 saturated carbocycles. The largest absolute Gasteiger partial charge is 0.504 e. The number of rotatable bonds is 2. The molecule has 25 heavy (non-hydrogen) atoms. The van der Waals surface area contributed by atoms with E-state index in [1.807, 2.05) is 6.07 Å². The fourth-order valence-electron chi connectivity index (χ4n) is 2.97.